The summed E-state index contributed by atoms with van der Waals surface area (Å²) >= 11 is 0. The molecule has 2 unspecified atom stereocenters. The van der Waals surface area contributed by atoms with Gasteiger partial charge in [-0.2, -0.15) is 0 Å². The van der Waals surface area contributed by atoms with E-state index < -0.39 is 0 Å². The number of carbonyl (C=O) groups excluding carboxylic acids is 1. The van der Waals surface area contributed by atoms with Gasteiger partial charge in [-0.15, -0.1) is 0 Å². The molecule has 6 heteroatoms. The van der Waals surface area contributed by atoms with Crippen molar-refractivity contribution in [1.29, 1.82) is 0 Å². The highest BCUT2D eigenvalue weighted by molar-refractivity contribution is 7.51. The molecule has 3 aliphatic heterocycles. The zero-order chi connectivity index (χ0) is 24.7. The van der Waals surface area contributed by atoms with Crippen LogP contribution in [0.1, 0.15) is 44.7 Å². The highest BCUT2D eigenvalue weighted by atomic mass is 31.1. The van der Waals surface area contributed by atoms with Crippen molar-refractivity contribution in [3.63, 3.8) is 0 Å². The van der Waals surface area contributed by atoms with E-state index in [1.165, 1.54) is 12.0 Å². The number of benzene rings is 1. The van der Waals surface area contributed by atoms with Gasteiger partial charge in [0.05, 0.1) is 19.5 Å². The van der Waals surface area contributed by atoms with Gasteiger partial charge < -0.3 is 14.7 Å². The summed E-state index contributed by atoms with van der Waals surface area (Å²) in [6.45, 7) is 11.4. The van der Waals surface area contributed by atoms with Crippen LogP contribution in [0.3, 0.4) is 0 Å². The van der Waals surface area contributed by atoms with Gasteiger partial charge in [0.1, 0.15) is 5.75 Å². The largest absolute Gasteiger partial charge is 0.496 e. The van der Waals surface area contributed by atoms with Crippen molar-refractivity contribution in [2.45, 2.75) is 46.3 Å². The lowest BCUT2D eigenvalue weighted by Crippen LogP contribution is -2.36. The normalized spacial score (nSPS) is 20.9. The Labute approximate surface area is 206 Å². The number of amides is 1. The summed E-state index contributed by atoms with van der Waals surface area (Å²) in [5.41, 5.74) is 4.58. The highest BCUT2D eigenvalue weighted by Crippen LogP contribution is 2.45. The van der Waals surface area contributed by atoms with Crippen LogP contribution >= 0.6 is 8.58 Å². The fourth-order valence-corrected chi connectivity index (χ4v) is 5.38. The van der Waals surface area contributed by atoms with Gasteiger partial charge in [0, 0.05) is 31.9 Å². The molecule has 1 amide bonds. The van der Waals surface area contributed by atoms with E-state index in [9.17, 15) is 4.79 Å². The molecule has 3 heterocycles. The van der Waals surface area contributed by atoms with Crippen molar-refractivity contribution in [2.24, 2.45) is 5.92 Å². The van der Waals surface area contributed by atoms with E-state index in [1.54, 1.807) is 13.2 Å². The van der Waals surface area contributed by atoms with Crippen molar-refractivity contribution >= 4 is 19.8 Å². The van der Waals surface area contributed by atoms with Gasteiger partial charge in [-0.05, 0) is 59.0 Å². The van der Waals surface area contributed by atoms with Gasteiger partial charge in [0.25, 0.3) is 5.91 Å². The molecule has 0 saturated carbocycles. The molecule has 0 saturated heterocycles. The van der Waals surface area contributed by atoms with Crippen molar-refractivity contribution in [3.05, 3.63) is 71.0 Å². The Balaban J connectivity index is 0.000000588. The predicted molar refractivity (Wildman–Crippen MR) is 143 cm³/mol. The van der Waals surface area contributed by atoms with E-state index in [2.05, 4.69) is 50.0 Å². The molecule has 0 radical (unpaired) electrons. The smallest absolute Gasteiger partial charge is 0.252 e. The lowest BCUT2D eigenvalue weighted by atomic mass is 9.98. The van der Waals surface area contributed by atoms with Crippen molar-refractivity contribution < 1.29 is 14.6 Å². The summed E-state index contributed by atoms with van der Waals surface area (Å²) in [4.78, 5) is 17.0. The second-order valence-corrected chi connectivity index (χ2v) is 10.7. The first-order valence-electron chi connectivity index (χ1n) is 12.2. The molecule has 0 bridgehead atoms. The average molecular weight is 483 g/mol. The van der Waals surface area contributed by atoms with Gasteiger partial charge in [0.15, 0.2) is 0 Å². The number of carbonyl (C=O) groups is 1. The van der Waals surface area contributed by atoms with Gasteiger partial charge in [0.2, 0.25) is 0 Å². The first-order valence-corrected chi connectivity index (χ1v) is 13.3. The zero-order valence-corrected chi connectivity index (χ0v) is 22.2. The van der Waals surface area contributed by atoms with Gasteiger partial charge >= 0.3 is 0 Å². The monoisotopic (exact) mass is 482 g/mol. The summed E-state index contributed by atoms with van der Waals surface area (Å²) in [5, 5.41) is 10.2. The minimum Gasteiger partial charge on any atom is -0.496 e. The lowest BCUT2D eigenvalue weighted by Gasteiger charge is -2.35. The minimum absolute atomic E-state index is 0.0392. The Bertz CT molecular complexity index is 993. The zero-order valence-electron chi connectivity index (χ0n) is 21.2. The lowest BCUT2D eigenvalue weighted by molar-refractivity contribution is -0.123. The number of aryl methyl sites for hydroxylation is 1. The van der Waals surface area contributed by atoms with Crippen LogP contribution in [0.25, 0.3) is 5.31 Å². The first-order chi connectivity index (χ1) is 16.4. The van der Waals surface area contributed by atoms with Crippen LogP contribution in [0, 0.1) is 12.8 Å². The van der Waals surface area contributed by atoms with E-state index in [-0.39, 0.29) is 18.3 Å². The highest BCUT2D eigenvalue weighted by Gasteiger charge is 2.29. The molecular formula is C28H39N2O3P. The van der Waals surface area contributed by atoms with Crippen molar-refractivity contribution in [1.82, 2.24) is 9.80 Å². The Hall–Kier alpha value is -2.20. The fraction of sp³-hybridized carbons (Fsp3) is 0.464. The van der Waals surface area contributed by atoms with Crippen LogP contribution in [-0.2, 0) is 4.79 Å². The van der Waals surface area contributed by atoms with Crippen LogP contribution in [0.15, 0.2) is 59.8 Å². The quantitative estimate of drug-likeness (QED) is 0.558. The van der Waals surface area contributed by atoms with Crippen molar-refractivity contribution in [3.8, 4) is 5.75 Å². The number of allylic oxidation sites excluding steroid dienone is 2. The van der Waals surface area contributed by atoms with E-state index in [0.29, 0.717) is 15.1 Å². The van der Waals surface area contributed by atoms with Crippen molar-refractivity contribution in [2.75, 3.05) is 33.4 Å². The molecule has 1 aromatic rings. The maximum Gasteiger partial charge on any atom is 0.252 e. The molecule has 0 aromatic heterocycles. The molecule has 5 nitrogen and oxygen atoms in total. The SMILES string of the molecule is CCC(C)C.COc1ccc(C2=CC(=O)N3C=C(C4=CCN(CCO)CC4)C=CC3P2)cc1C. The number of hydrogen-bond acceptors (Lipinski definition) is 4. The molecule has 34 heavy (non-hydrogen) atoms. The summed E-state index contributed by atoms with van der Waals surface area (Å²) in [6, 6.07) is 6.10. The number of rotatable bonds is 6. The fourth-order valence-electron chi connectivity index (χ4n) is 4.00. The molecule has 0 fully saturated rings. The summed E-state index contributed by atoms with van der Waals surface area (Å²) in [5.74, 6) is 1.88. The van der Waals surface area contributed by atoms with Gasteiger partial charge in [-0.1, -0.05) is 60.1 Å². The molecule has 1 aromatic carbocycles. The summed E-state index contributed by atoms with van der Waals surface area (Å²) < 4.78 is 5.35. The first kappa shape index (κ1) is 26.4. The maximum absolute atomic E-state index is 12.9. The van der Waals surface area contributed by atoms with E-state index >= 15 is 0 Å². The number of hydrogen-bond donors (Lipinski definition) is 1. The van der Waals surface area contributed by atoms with Crippen LogP contribution < -0.4 is 4.74 Å². The van der Waals surface area contributed by atoms with E-state index in [1.807, 2.05) is 30.2 Å². The number of β-amino-alcohol motifs (C(OH)–C–C–N with tert-alkyl or cyclic N) is 1. The van der Waals surface area contributed by atoms with Crippen LogP contribution in [0.4, 0.5) is 0 Å². The minimum atomic E-state index is 0.0392. The molecule has 4 rings (SSSR count). The summed E-state index contributed by atoms with van der Waals surface area (Å²) in [6.07, 6.45) is 12.6. The molecule has 0 spiro atoms. The van der Waals surface area contributed by atoms with Crippen LogP contribution in [-0.4, -0.2) is 59.9 Å². The second-order valence-electron chi connectivity index (χ2n) is 9.33. The van der Waals surface area contributed by atoms with Crippen LogP contribution in [0.2, 0.25) is 0 Å². The molecule has 3 aliphatic rings. The second kappa shape index (κ2) is 12.5. The van der Waals surface area contributed by atoms with Gasteiger partial charge in [-0.25, -0.2) is 0 Å². The number of aliphatic hydroxyl groups is 1. The van der Waals surface area contributed by atoms with E-state index in [4.69, 9.17) is 9.84 Å². The molecule has 184 valence electrons. The van der Waals surface area contributed by atoms with Crippen LogP contribution in [0.5, 0.6) is 5.75 Å². The number of fused-ring (bicyclic) bond motifs is 1. The Morgan fingerprint density at radius 2 is 2.06 bits per heavy atom. The van der Waals surface area contributed by atoms with E-state index in [0.717, 1.165) is 53.2 Å². The molecular weight excluding hydrogens is 443 g/mol. The maximum atomic E-state index is 12.9. The summed E-state index contributed by atoms with van der Waals surface area (Å²) in [7, 11) is 2.19. The third kappa shape index (κ3) is 6.69. The standard InChI is InChI=1S/C23H27N2O3P.C5H12/c1-16-13-18(3-5-20(16)28-2)21-14-22(27)25-15-19(4-6-23(25)29-21)17-7-9-24(10-8-17)11-12-26;1-4-5(2)3/h3-7,13-15,23,26,29H,8-12H2,1-2H3;5H,4H2,1-3H3. The Morgan fingerprint density at radius 1 is 1.29 bits per heavy atom. The third-order valence-corrected chi connectivity index (χ3v) is 7.97. The van der Waals surface area contributed by atoms with Gasteiger partial charge in [-0.3, -0.25) is 9.69 Å². The molecule has 0 aliphatic carbocycles. The predicted octanol–water partition coefficient (Wildman–Crippen LogP) is 5.32. The Morgan fingerprint density at radius 3 is 2.65 bits per heavy atom. The topological polar surface area (TPSA) is 53.0 Å². The molecule has 2 atom stereocenters. The molecule has 1 N–H and O–H groups in total. The Kier molecular flexibility index (Phi) is 9.70. The number of ether oxygens (including phenoxy) is 1. The third-order valence-electron chi connectivity index (χ3n) is 6.46. The average Bonchev–Trinajstić information content (AvgIpc) is 2.85. The number of methoxy groups -OCH3 is 1. The number of aliphatic hydroxyl groups excluding tert-OH is 1. The number of nitrogens with zero attached hydrogens (tertiary/aromatic N) is 2.